The largest absolute Gasteiger partial charge is 0.480 e. The van der Waals surface area contributed by atoms with Gasteiger partial charge in [-0.05, 0) is 20.8 Å². The predicted octanol–water partition coefficient (Wildman–Crippen LogP) is 0.623. The molecule has 0 radical (unpaired) electrons. The van der Waals surface area contributed by atoms with Gasteiger partial charge in [0.2, 0.25) is 0 Å². The van der Waals surface area contributed by atoms with Crippen molar-refractivity contribution >= 4 is 18.0 Å². The van der Waals surface area contributed by atoms with Gasteiger partial charge in [-0.15, -0.1) is 0 Å². The van der Waals surface area contributed by atoms with E-state index >= 15 is 0 Å². The number of nitrogens with zero attached hydrogens (tertiary/aromatic N) is 4. The van der Waals surface area contributed by atoms with Gasteiger partial charge in [0, 0.05) is 25.5 Å². The molecule has 0 aromatic carbocycles. The predicted molar refractivity (Wildman–Crippen MR) is 82.3 cm³/mol. The van der Waals surface area contributed by atoms with Gasteiger partial charge in [-0.25, -0.2) is 14.6 Å². The molecular weight excluding hydrogens is 316 g/mol. The molecule has 0 bridgehead atoms. The Kier molecular flexibility index (Phi) is 5.01. The first-order valence-electron chi connectivity index (χ1n) is 7.47. The molecule has 1 aliphatic rings. The van der Waals surface area contributed by atoms with E-state index in [1.165, 1.54) is 28.4 Å². The van der Waals surface area contributed by atoms with Gasteiger partial charge in [-0.1, -0.05) is 0 Å². The molecule has 1 N–H and O–H groups in total. The Morgan fingerprint density at radius 1 is 1.25 bits per heavy atom. The molecule has 2 rings (SSSR count). The molecule has 0 unspecified atom stereocenters. The van der Waals surface area contributed by atoms with Gasteiger partial charge in [0.25, 0.3) is 5.91 Å². The van der Waals surface area contributed by atoms with E-state index in [4.69, 9.17) is 4.74 Å². The van der Waals surface area contributed by atoms with E-state index in [0.717, 1.165) is 0 Å². The summed E-state index contributed by atoms with van der Waals surface area (Å²) in [7, 11) is 0. The summed E-state index contributed by atoms with van der Waals surface area (Å²) in [6, 6.07) is -1.17. The van der Waals surface area contributed by atoms with Gasteiger partial charge in [-0.3, -0.25) is 9.78 Å². The Balaban J connectivity index is 2.13. The number of ether oxygens (including phenoxy) is 1. The van der Waals surface area contributed by atoms with E-state index in [-0.39, 0.29) is 25.3 Å². The van der Waals surface area contributed by atoms with Crippen molar-refractivity contribution in [1.29, 1.82) is 0 Å². The minimum Gasteiger partial charge on any atom is -0.480 e. The number of carbonyl (C=O) groups excluding carboxylic acids is 2. The third kappa shape index (κ3) is 4.18. The summed E-state index contributed by atoms with van der Waals surface area (Å²) in [6.45, 7) is 5.31. The molecule has 130 valence electrons. The zero-order valence-electron chi connectivity index (χ0n) is 13.8. The smallest absolute Gasteiger partial charge is 0.410 e. The molecule has 9 nitrogen and oxygen atoms in total. The van der Waals surface area contributed by atoms with Crippen molar-refractivity contribution in [3.63, 3.8) is 0 Å². The van der Waals surface area contributed by atoms with Gasteiger partial charge in [-0.2, -0.15) is 0 Å². The second-order valence-electron chi connectivity index (χ2n) is 6.37. The van der Waals surface area contributed by atoms with Gasteiger partial charge in [0.15, 0.2) is 0 Å². The maximum atomic E-state index is 12.4. The molecule has 0 aliphatic carbocycles. The summed E-state index contributed by atoms with van der Waals surface area (Å²) < 4.78 is 5.25. The van der Waals surface area contributed by atoms with Gasteiger partial charge in [0.1, 0.15) is 17.3 Å². The van der Waals surface area contributed by atoms with Crippen LogP contribution in [0.1, 0.15) is 31.3 Å². The molecule has 2 amide bonds. The number of carboxylic acids is 1. The molecule has 1 aromatic rings. The molecule has 9 heteroatoms. The van der Waals surface area contributed by atoms with Crippen LogP contribution >= 0.6 is 0 Å². The molecule has 2 heterocycles. The highest BCUT2D eigenvalue weighted by Crippen LogP contribution is 2.17. The number of hydrogen-bond donors (Lipinski definition) is 1. The van der Waals surface area contributed by atoms with Crippen LogP contribution in [0.3, 0.4) is 0 Å². The molecule has 1 saturated heterocycles. The number of piperazine rings is 1. The number of aliphatic carboxylic acids is 1. The van der Waals surface area contributed by atoms with Crippen LogP contribution in [0.5, 0.6) is 0 Å². The molecule has 1 aromatic heterocycles. The standard InChI is InChI=1S/C15H20N4O5/c1-15(2,3)24-14(23)18-6-7-19(11(9-18)13(21)22)12(20)10-8-16-4-5-17-10/h4-5,8,11H,6-7,9H2,1-3H3,(H,21,22)/t11-/m1/s1. The fourth-order valence-electron chi connectivity index (χ4n) is 2.29. The zero-order chi connectivity index (χ0) is 17.9. The lowest BCUT2D eigenvalue weighted by Crippen LogP contribution is -2.60. The Bertz CT molecular complexity index is 629. The SMILES string of the molecule is CC(C)(C)OC(=O)N1CCN(C(=O)c2cnccn2)[C@@H](C(=O)O)C1. The van der Waals surface area contributed by atoms with Crippen molar-refractivity contribution in [2.24, 2.45) is 0 Å². The number of carbonyl (C=O) groups is 3. The van der Waals surface area contributed by atoms with Crippen LogP contribution in [0, 0.1) is 0 Å². The third-order valence-corrected chi connectivity index (χ3v) is 3.36. The van der Waals surface area contributed by atoms with Crippen LogP contribution in [0.2, 0.25) is 0 Å². The van der Waals surface area contributed by atoms with Crippen molar-refractivity contribution in [3.05, 3.63) is 24.3 Å². The monoisotopic (exact) mass is 336 g/mol. The maximum Gasteiger partial charge on any atom is 0.410 e. The highest BCUT2D eigenvalue weighted by atomic mass is 16.6. The Labute approximate surface area is 139 Å². The average Bonchev–Trinajstić information content (AvgIpc) is 2.52. The highest BCUT2D eigenvalue weighted by molar-refractivity contribution is 5.95. The minimum absolute atomic E-state index is 0.0643. The lowest BCUT2D eigenvalue weighted by atomic mass is 10.1. The molecule has 1 aliphatic heterocycles. The van der Waals surface area contributed by atoms with E-state index in [9.17, 15) is 19.5 Å². The normalized spacial score (nSPS) is 18.2. The van der Waals surface area contributed by atoms with Crippen LogP contribution in [0.15, 0.2) is 18.6 Å². The fourth-order valence-corrected chi connectivity index (χ4v) is 2.29. The molecular formula is C15H20N4O5. The number of amides is 2. The van der Waals surface area contributed by atoms with Gasteiger partial charge >= 0.3 is 12.1 Å². The van der Waals surface area contributed by atoms with Crippen molar-refractivity contribution in [2.75, 3.05) is 19.6 Å². The lowest BCUT2D eigenvalue weighted by molar-refractivity contribution is -0.144. The summed E-state index contributed by atoms with van der Waals surface area (Å²) in [4.78, 5) is 46.3. The summed E-state index contributed by atoms with van der Waals surface area (Å²) in [5, 5.41) is 9.43. The van der Waals surface area contributed by atoms with Crippen molar-refractivity contribution < 1.29 is 24.2 Å². The summed E-state index contributed by atoms with van der Waals surface area (Å²) >= 11 is 0. The number of hydrogen-bond acceptors (Lipinski definition) is 6. The van der Waals surface area contributed by atoms with E-state index in [2.05, 4.69) is 9.97 Å². The van der Waals surface area contributed by atoms with Crippen LogP contribution in [-0.4, -0.2) is 74.1 Å². The minimum atomic E-state index is -1.19. The number of rotatable bonds is 2. The van der Waals surface area contributed by atoms with E-state index in [1.54, 1.807) is 20.8 Å². The Morgan fingerprint density at radius 3 is 2.50 bits per heavy atom. The molecule has 1 atom stereocenters. The third-order valence-electron chi connectivity index (χ3n) is 3.36. The lowest BCUT2D eigenvalue weighted by Gasteiger charge is -2.39. The topological polar surface area (TPSA) is 113 Å². The highest BCUT2D eigenvalue weighted by Gasteiger charge is 2.38. The number of carboxylic acid groups (broad SMARTS) is 1. The maximum absolute atomic E-state index is 12.4. The fraction of sp³-hybridized carbons (Fsp3) is 0.533. The van der Waals surface area contributed by atoms with Crippen LogP contribution < -0.4 is 0 Å². The van der Waals surface area contributed by atoms with Crippen LogP contribution in [-0.2, 0) is 9.53 Å². The molecule has 0 saturated carbocycles. The van der Waals surface area contributed by atoms with Crippen LogP contribution in [0.25, 0.3) is 0 Å². The van der Waals surface area contributed by atoms with Crippen molar-refractivity contribution in [3.8, 4) is 0 Å². The quantitative estimate of drug-likeness (QED) is 0.842. The first-order chi connectivity index (χ1) is 11.2. The summed E-state index contributed by atoms with van der Waals surface area (Å²) in [6.07, 6.45) is 3.47. The first-order valence-corrected chi connectivity index (χ1v) is 7.47. The summed E-state index contributed by atoms with van der Waals surface area (Å²) in [5.74, 6) is -1.72. The number of aromatic nitrogens is 2. The summed E-state index contributed by atoms with van der Waals surface area (Å²) in [5.41, 5.74) is -0.614. The first kappa shape index (κ1) is 17.6. The van der Waals surface area contributed by atoms with E-state index in [0.29, 0.717) is 0 Å². The van der Waals surface area contributed by atoms with E-state index < -0.39 is 29.6 Å². The van der Waals surface area contributed by atoms with Crippen LogP contribution in [0.4, 0.5) is 4.79 Å². The molecule has 1 fully saturated rings. The molecule has 0 spiro atoms. The second kappa shape index (κ2) is 6.81. The Morgan fingerprint density at radius 2 is 1.96 bits per heavy atom. The zero-order valence-corrected chi connectivity index (χ0v) is 13.8. The van der Waals surface area contributed by atoms with Crippen molar-refractivity contribution in [1.82, 2.24) is 19.8 Å². The van der Waals surface area contributed by atoms with E-state index in [1.807, 2.05) is 0 Å². The van der Waals surface area contributed by atoms with Gasteiger partial charge < -0.3 is 19.6 Å². The Hall–Kier alpha value is -2.71. The average molecular weight is 336 g/mol. The van der Waals surface area contributed by atoms with Gasteiger partial charge in [0.05, 0.1) is 12.7 Å². The van der Waals surface area contributed by atoms with Crippen molar-refractivity contribution in [2.45, 2.75) is 32.4 Å². The molecule has 24 heavy (non-hydrogen) atoms. The second-order valence-corrected chi connectivity index (χ2v) is 6.37.